The van der Waals surface area contributed by atoms with E-state index in [0.29, 0.717) is 11.1 Å². The molecular formula is C54H34F2. The molecule has 0 bridgehead atoms. The number of rotatable bonds is 6. The number of halogens is 2. The van der Waals surface area contributed by atoms with E-state index in [4.69, 9.17) is 0 Å². The molecule has 0 aliphatic carbocycles. The molecule has 264 valence electrons. The van der Waals surface area contributed by atoms with E-state index >= 15 is 8.78 Å². The van der Waals surface area contributed by atoms with Crippen LogP contribution in [-0.2, 0) is 0 Å². The first-order valence-corrected chi connectivity index (χ1v) is 18.9. The summed E-state index contributed by atoms with van der Waals surface area (Å²) < 4.78 is 33.1. The van der Waals surface area contributed by atoms with E-state index in [1.165, 1.54) is 0 Å². The van der Waals surface area contributed by atoms with Crippen LogP contribution < -0.4 is 0 Å². The first-order valence-electron chi connectivity index (χ1n) is 18.9. The summed E-state index contributed by atoms with van der Waals surface area (Å²) >= 11 is 0. The Bertz CT molecular complexity index is 2850. The monoisotopic (exact) mass is 720 g/mol. The molecule has 0 aliphatic heterocycles. The van der Waals surface area contributed by atoms with Crippen LogP contribution in [0.5, 0.6) is 0 Å². The van der Waals surface area contributed by atoms with Crippen LogP contribution in [0.25, 0.3) is 99.1 Å². The number of benzene rings is 10. The van der Waals surface area contributed by atoms with E-state index in [0.717, 1.165) is 88.0 Å². The summed E-state index contributed by atoms with van der Waals surface area (Å²) in [6, 6.07) is 68.4. The highest BCUT2D eigenvalue weighted by atomic mass is 19.1. The fourth-order valence-corrected chi connectivity index (χ4v) is 8.58. The molecule has 0 radical (unpaired) electrons. The van der Waals surface area contributed by atoms with Crippen LogP contribution in [0.2, 0.25) is 0 Å². The quantitative estimate of drug-likeness (QED) is 0.150. The van der Waals surface area contributed by atoms with E-state index in [1.54, 1.807) is 12.1 Å². The molecule has 0 saturated heterocycles. The Morgan fingerprint density at radius 3 is 0.804 bits per heavy atom. The summed E-state index contributed by atoms with van der Waals surface area (Å²) in [5.41, 5.74) is 10.3. The van der Waals surface area contributed by atoms with E-state index in [1.807, 2.05) is 109 Å². The van der Waals surface area contributed by atoms with E-state index in [9.17, 15) is 0 Å². The van der Waals surface area contributed by atoms with Crippen LogP contribution in [0.3, 0.4) is 0 Å². The Morgan fingerprint density at radius 2 is 0.500 bits per heavy atom. The number of hydrogen-bond acceptors (Lipinski definition) is 0. The third-order valence-electron chi connectivity index (χ3n) is 11.0. The summed E-state index contributed by atoms with van der Waals surface area (Å²) in [6.07, 6.45) is 0. The van der Waals surface area contributed by atoms with Gasteiger partial charge in [0, 0.05) is 11.1 Å². The van der Waals surface area contributed by atoms with Gasteiger partial charge in [0.25, 0.3) is 0 Å². The van der Waals surface area contributed by atoms with Gasteiger partial charge in [0.15, 0.2) is 0 Å². The summed E-state index contributed by atoms with van der Waals surface area (Å²) in [7, 11) is 0. The lowest BCUT2D eigenvalue weighted by Crippen LogP contribution is -1.98. The van der Waals surface area contributed by atoms with Crippen LogP contribution in [0, 0.1) is 11.6 Å². The summed E-state index contributed by atoms with van der Waals surface area (Å²) in [4.78, 5) is 0. The van der Waals surface area contributed by atoms with Gasteiger partial charge in [-0.1, -0.05) is 194 Å². The SMILES string of the molecule is Fc1cc(-c2c3ccccc3c(-c3ccc(-c4ccccc4)c(F)c3)c3c(-c4ccccc4)c4ccccc4c(-c4ccccc4)c23)ccc1-c1ccccc1. The van der Waals surface area contributed by atoms with Gasteiger partial charge in [-0.2, -0.15) is 0 Å². The zero-order chi connectivity index (χ0) is 37.6. The fourth-order valence-electron chi connectivity index (χ4n) is 8.58. The van der Waals surface area contributed by atoms with Crippen molar-refractivity contribution in [1.29, 1.82) is 0 Å². The smallest absolute Gasteiger partial charge is 0.131 e. The maximum atomic E-state index is 16.6. The molecule has 0 aliphatic rings. The Hall–Kier alpha value is -7.16. The maximum absolute atomic E-state index is 16.6. The Morgan fingerprint density at radius 1 is 0.232 bits per heavy atom. The van der Waals surface area contributed by atoms with Crippen LogP contribution in [-0.4, -0.2) is 0 Å². The van der Waals surface area contributed by atoms with Crippen molar-refractivity contribution in [2.45, 2.75) is 0 Å². The molecule has 10 aromatic carbocycles. The highest BCUT2D eigenvalue weighted by molar-refractivity contribution is 6.33. The molecule has 0 unspecified atom stereocenters. The molecule has 0 fully saturated rings. The van der Waals surface area contributed by atoms with Gasteiger partial charge in [0.1, 0.15) is 11.6 Å². The molecule has 0 saturated carbocycles. The lowest BCUT2D eigenvalue weighted by Gasteiger charge is -2.25. The van der Waals surface area contributed by atoms with E-state index in [2.05, 4.69) is 84.9 Å². The van der Waals surface area contributed by atoms with Crippen molar-refractivity contribution in [2.75, 3.05) is 0 Å². The Kier molecular flexibility index (Phi) is 8.30. The summed E-state index contributed by atoms with van der Waals surface area (Å²) in [5.74, 6) is -0.585. The van der Waals surface area contributed by atoms with Crippen molar-refractivity contribution >= 4 is 32.3 Å². The molecule has 2 heteroatoms. The normalized spacial score (nSPS) is 11.4. The molecule has 56 heavy (non-hydrogen) atoms. The second-order valence-electron chi connectivity index (χ2n) is 14.2. The zero-order valence-electron chi connectivity index (χ0n) is 30.4. The molecular weight excluding hydrogens is 687 g/mol. The van der Waals surface area contributed by atoms with Crippen molar-refractivity contribution in [2.24, 2.45) is 0 Å². The predicted molar refractivity (Wildman–Crippen MR) is 231 cm³/mol. The summed E-state index contributed by atoms with van der Waals surface area (Å²) in [6.45, 7) is 0. The largest absolute Gasteiger partial charge is 0.206 e. The molecule has 0 spiro atoms. The topological polar surface area (TPSA) is 0 Å². The fraction of sp³-hybridized carbons (Fsp3) is 0. The van der Waals surface area contributed by atoms with Gasteiger partial charge in [-0.3, -0.25) is 0 Å². The van der Waals surface area contributed by atoms with Crippen LogP contribution >= 0.6 is 0 Å². The average Bonchev–Trinajstić information content (AvgIpc) is 3.26. The second kappa shape index (κ2) is 13.9. The van der Waals surface area contributed by atoms with Crippen LogP contribution in [0.15, 0.2) is 206 Å². The first-order chi connectivity index (χ1) is 27.7. The molecule has 10 aromatic rings. The molecule has 0 nitrogen and oxygen atoms in total. The number of fused-ring (bicyclic) bond motifs is 3. The van der Waals surface area contributed by atoms with Crippen molar-refractivity contribution in [3.8, 4) is 66.8 Å². The van der Waals surface area contributed by atoms with Gasteiger partial charge in [0.2, 0.25) is 0 Å². The Labute approximate surface area is 324 Å². The van der Waals surface area contributed by atoms with Crippen LogP contribution in [0.1, 0.15) is 0 Å². The highest BCUT2D eigenvalue weighted by Crippen LogP contribution is 2.54. The van der Waals surface area contributed by atoms with E-state index in [-0.39, 0.29) is 11.6 Å². The van der Waals surface area contributed by atoms with Gasteiger partial charge in [-0.05, 0) is 100 Å². The van der Waals surface area contributed by atoms with Gasteiger partial charge >= 0.3 is 0 Å². The van der Waals surface area contributed by atoms with Gasteiger partial charge < -0.3 is 0 Å². The minimum absolute atomic E-state index is 0.293. The molecule has 0 aromatic heterocycles. The second-order valence-corrected chi connectivity index (χ2v) is 14.2. The predicted octanol–water partition coefficient (Wildman–Crippen LogP) is 15.4. The van der Waals surface area contributed by atoms with Crippen molar-refractivity contribution in [3.63, 3.8) is 0 Å². The first kappa shape index (κ1) is 33.4. The minimum atomic E-state index is -0.293. The summed E-state index contributed by atoms with van der Waals surface area (Å²) in [5, 5.41) is 6.06. The number of hydrogen-bond donors (Lipinski definition) is 0. The van der Waals surface area contributed by atoms with E-state index < -0.39 is 0 Å². The Balaban J connectivity index is 1.43. The van der Waals surface area contributed by atoms with Crippen molar-refractivity contribution in [1.82, 2.24) is 0 Å². The highest BCUT2D eigenvalue weighted by Gasteiger charge is 2.26. The molecule has 0 atom stereocenters. The van der Waals surface area contributed by atoms with Crippen molar-refractivity contribution in [3.05, 3.63) is 218 Å². The van der Waals surface area contributed by atoms with Gasteiger partial charge in [-0.25, -0.2) is 8.78 Å². The molecule has 0 heterocycles. The lowest BCUT2D eigenvalue weighted by molar-refractivity contribution is 0.631. The molecule has 0 N–H and O–H groups in total. The van der Waals surface area contributed by atoms with Gasteiger partial charge in [-0.15, -0.1) is 0 Å². The van der Waals surface area contributed by atoms with Crippen LogP contribution in [0.4, 0.5) is 8.78 Å². The van der Waals surface area contributed by atoms with Crippen molar-refractivity contribution < 1.29 is 8.78 Å². The zero-order valence-corrected chi connectivity index (χ0v) is 30.4. The third kappa shape index (κ3) is 5.58. The third-order valence-corrected chi connectivity index (χ3v) is 11.0. The molecule has 0 amide bonds. The lowest BCUT2D eigenvalue weighted by atomic mass is 9.77. The molecule has 10 rings (SSSR count). The average molecular weight is 721 g/mol. The minimum Gasteiger partial charge on any atom is -0.206 e. The van der Waals surface area contributed by atoms with Gasteiger partial charge in [0.05, 0.1) is 0 Å². The standard InChI is InChI=1S/C54H34F2/c55-47-33-39(29-31-41(47)35-17-5-1-6-18-35)51-45-27-15-16-28-46(45)52(40-30-32-42(48(56)34-40)36-19-7-2-8-20-36)54-50(38-23-11-4-12-24-38)44-26-14-13-25-43(44)49(53(51)54)37-21-9-3-10-22-37/h1-34H. The maximum Gasteiger partial charge on any atom is 0.131 e.